The van der Waals surface area contributed by atoms with Crippen molar-refractivity contribution in [1.29, 1.82) is 0 Å². The highest BCUT2D eigenvalue weighted by Gasteiger charge is 2.14. The molecule has 18 heavy (non-hydrogen) atoms. The molecule has 0 saturated heterocycles. The molecule has 1 rings (SSSR count). The summed E-state index contributed by atoms with van der Waals surface area (Å²) in [6.45, 7) is 2.41. The number of nitrogens with zero attached hydrogens (tertiary/aromatic N) is 1. The molecule has 3 nitrogen and oxygen atoms in total. The zero-order chi connectivity index (χ0) is 13.7. The number of methoxy groups -OCH3 is 1. The molecule has 0 fully saturated rings. The zero-order valence-corrected chi connectivity index (χ0v) is 11.5. The van der Waals surface area contributed by atoms with Crippen molar-refractivity contribution in [1.82, 2.24) is 4.90 Å². The van der Waals surface area contributed by atoms with Crippen LogP contribution in [-0.2, 0) is 0 Å². The molecule has 0 aromatic heterocycles. The van der Waals surface area contributed by atoms with E-state index in [0.717, 1.165) is 0 Å². The third kappa shape index (κ3) is 3.88. The summed E-state index contributed by atoms with van der Waals surface area (Å²) in [5, 5.41) is 0.00727. The molecular weight excluding hydrogens is 257 g/mol. The second-order valence-electron chi connectivity index (χ2n) is 4.15. The van der Waals surface area contributed by atoms with Crippen molar-refractivity contribution < 1.29 is 13.9 Å². The van der Waals surface area contributed by atoms with Gasteiger partial charge in [-0.3, -0.25) is 4.79 Å². The van der Waals surface area contributed by atoms with Crippen molar-refractivity contribution in [2.75, 3.05) is 20.7 Å². The molecule has 5 heteroatoms. The minimum absolute atomic E-state index is 0.00727. The van der Waals surface area contributed by atoms with Crippen LogP contribution in [0.1, 0.15) is 23.7 Å². The Hall–Kier alpha value is -1.29. The van der Waals surface area contributed by atoms with E-state index in [2.05, 4.69) is 0 Å². The van der Waals surface area contributed by atoms with Crippen molar-refractivity contribution in [3.05, 3.63) is 29.6 Å². The van der Waals surface area contributed by atoms with E-state index in [4.69, 9.17) is 16.3 Å². The average Bonchev–Trinajstić information content (AvgIpc) is 2.34. The smallest absolute Gasteiger partial charge is 0.253 e. The van der Waals surface area contributed by atoms with Gasteiger partial charge in [0.2, 0.25) is 0 Å². The van der Waals surface area contributed by atoms with Gasteiger partial charge in [-0.2, -0.15) is 0 Å². The maximum Gasteiger partial charge on any atom is 0.253 e. The minimum atomic E-state index is -0.539. The lowest BCUT2D eigenvalue weighted by Gasteiger charge is -2.18. The number of hydrogen-bond donors (Lipinski definition) is 0. The van der Waals surface area contributed by atoms with E-state index in [1.807, 2.05) is 6.92 Å². The van der Waals surface area contributed by atoms with Crippen molar-refractivity contribution in [3.8, 4) is 5.75 Å². The third-order valence-corrected chi connectivity index (χ3v) is 2.83. The maximum absolute atomic E-state index is 13.5. The van der Waals surface area contributed by atoms with Gasteiger partial charge in [0.15, 0.2) is 11.6 Å². The predicted octanol–water partition coefficient (Wildman–Crippen LogP) is 2.92. The summed E-state index contributed by atoms with van der Waals surface area (Å²) in [4.78, 5) is 13.5. The van der Waals surface area contributed by atoms with Gasteiger partial charge < -0.3 is 9.64 Å². The highest BCUT2D eigenvalue weighted by Crippen LogP contribution is 2.18. The molecule has 100 valence electrons. The Labute approximate surface area is 111 Å². The van der Waals surface area contributed by atoms with E-state index in [9.17, 15) is 9.18 Å². The molecule has 1 unspecified atom stereocenters. The molecule has 0 aliphatic rings. The summed E-state index contributed by atoms with van der Waals surface area (Å²) in [6, 6.07) is 4.17. The fraction of sp³-hybridized carbons (Fsp3) is 0.462. The van der Waals surface area contributed by atoms with Crippen LogP contribution >= 0.6 is 11.6 Å². The van der Waals surface area contributed by atoms with Crippen LogP contribution in [-0.4, -0.2) is 36.9 Å². The van der Waals surface area contributed by atoms with E-state index in [0.29, 0.717) is 18.5 Å². The van der Waals surface area contributed by atoms with Crippen molar-refractivity contribution in [2.24, 2.45) is 0 Å². The van der Waals surface area contributed by atoms with Gasteiger partial charge in [-0.15, -0.1) is 11.6 Å². The van der Waals surface area contributed by atoms with Crippen LogP contribution in [0.4, 0.5) is 4.39 Å². The van der Waals surface area contributed by atoms with Crippen molar-refractivity contribution >= 4 is 17.5 Å². The molecule has 1 atom stereocenters. The average molecular weight is 274 g/mol. The first-order valence-electron chi connectivity index (χ1n) is 5.68. The molecule has 0 aliphatic carbocycles. The van der Waals surface area contributed by atoms with Crippen LogP contribution < -0.4 is 4.74 Å². The Morgan fingerprint density at radius 3 is 2.72 bits per heavy atom. The lowest BCUT2D eigenvalue weighted by Crippen LogP contribution is -2.28. The number of amides is 1. The molecule has 0 radical (unpaired) electrons. The van der Waals surface area contributed by atoms with Crippen LogP contribution in [0.2, 0.25) is 0 Å². The number of benzene rings is 1. The van der Waals surface area contributed by atoms with Crippen LogP contribution in [0, 0.1) is 5.82 Å². The molecule has 0 heterocycles. The molecule has 0 saturated carbocycles. The van der Waals surface area contributed by atoms with Gasteiger partial charge in [-0.05, 0) is 31.5 Å². The minimum Gasteiger partial charge on any atom is -0.494 e. The quantitative estimate of drug-likeness (QED) is 0.772. The number of ether oxygens (including phenoxy) is 1. The van der Waals surface area contributed by atoms with Gasteiger partial charge in [0.1, 0.15) is 0 Å². The molecule has 1 amide bonds. The lowest BCUT2D eigenvalue weighted by molar-refractivity contribution is 0.0793. The Balaban J connectivity index is 2.74. The number of carbonyl (C=O) groups is 1. The highest BCUT2D eigenvalue weighted by molar-refractivity contribution is 6.20. The van der Waals surface area contributed by atoms with Gasteiger partial charge in [0.25, 0.3) is 5.91 Å². The normalized spacial score (nSPS) is 12.1. The molecule has 0 bridgehead atoms. The Morgan fingerprint density at radius 1 is 1.56 bits per heavy atom. The van der Waals surface area contributed by atoms with Crippen molar-refractivity contribution in [3.63, 3.8) is 0 Å². The van der Waals surface area contributed by atoms with E-state index >= 15 is 0 Å². The number of halogens is 2. The first kappa shape index (κ1) is 14.8. The van der Waals surface area contributed by atoms with E-state index in [1.165, 1.54) is 24.1 Å². The Morgan fingerprint density at radius 2 is 2.22 bits per heavy atom. The van der Waals surface area contributed by atoms with Crippen molar-refractivity contribution in [2.45, 2.75) is 18.7 Å². The van der Waals surface area contributed by atoms with Gasteiger partial charge in [0.05, 0.1) is 7.11 Å². The molecule has 0 N–H and O–H groups in total. The number of carbonyl (C=O) groups excluding carboxylic acids is 1. The fourth-order valence-corrected chi connectivity index (χ4v) is 1.59. The first-order valence-corrected chi connectivity index (χ1v) is 6.12. The Bertz CT molecular complexity index is 423. The summed E-state index contributed by atoms with van der Waals surface area (Å²) >= 11 is 5.82. The summed E-state index contributed by atoms with van der Waals surface area (Å²) in [7, 11) is 3.05. The number of hydrogen-bond acceptors (Lipinski definition) is 2. The van der Waals surface area contributed by atoms with Gasteiger partial charge in [0, 0.05) is 24.5 Å². The fourth-order valence-electron chi connectivity index (χ4n) is 1.49. The monoisotopic (exact) mass is 273 g/mol. The number of rotatable bonds is 5. The highest BCUT2D eigenvalue weighted by atomic mass is 35.5. The van der Waals surface area contributed by atoms with Gasteiger partial charge in [-0.25, -0.2) is 4.39 Å². The predicted molar refractivity (Wildman–Crippen MR) is 69.8 cm³/mol. The molecular formula is C13H17ClFNO2. The summed E-state index contributed by atoms with van der Waals surface area (Å²) in [6.07, 6.45) is 0.697. The molecule has 1 aromatic rings. The third-order valence-electron chi connectivity index (χ3n) is 2.61. The Kier molecular flexibility index (Phi) is 5.41. The van der Waals surface area contributed by atoms with E-state index < -0.39 is 5.82 Å². The molecule has 0 spiro atoms. The largest absolute Gasteiger partial charge is 0.494 e. The van der Waals surface area contributed by atoms with Crippen LogP contribution in [0.3, 0.4) is 0 Å². The topological polar surface area (TPSA) is 29.5 Å². The SMILES string of the molecule is COc1ccc(C(=O)N(C)CCC(C)Cl)cc1F. The van der Waals surface area contributed by atoms with Crippen LogP contribution in [0.5, 0.6) is 5.75 Å². The van der Waals surface area contributed by atoms with Crippen LogP contribution in [0.25, 0.3) is 0 Å². The second-order valence-corrected chi connectivity index (χ2v) is 4.89. The standard InChI is InChI=1S/C13H17ClFNO2/c1-9(14)6-7-16(2)13(17)10-4-5-12(18-3)11(15)8-10/h4-5,8-9H,6-7H2,1-3H3. The summed E-state index contributed by atoms with van der Waals surface area (Å²) in [5.74, 6) is -0.639. The maximum atomic E-state index is 13.5. The summed E-state index contributed by atoms with van der Waals surface area (Å²) < 4.78 is 18.3. The lowest BCUT2D eigenvalue weighted by atomic mass is 10.2. The van der Waals surface area contributed by atoms with Crippen LogP contribution in [0.15, 0.2) is 18.2 Å². The van der Waals surface area contributed by atoms with E-state index in [-0.39, 0.29) is 17.0 Å². The zero-order valence-electron chi connectivity index (χ0n) is 10.7. The summed E-state index contributed by atoms with van der Waals surface area (Å²) in [5.41, 5.74) is 0.304. The second kappa shape index (κ2) is 6.59. The van der Waals surface area contributed by atoms with Gasteiger partial charge in [-0.1, -0.05) is 0 Å². The first-order chi connectivity index (χ1) is 8.45. The van der Waals surface area contributed by atoms with E-state index in [1.54, 1.807) is 13.1 Å². The van der Waals surface area contributed by atoms with Gasteiger partial charge >= 0.3 is 0 Å². The molecule has 0 aliphatic heterocycles. The number of alkyl halides is 1. The molecule has 1 aromatic carbocycles.